The Kier molecular flexibility index (Phi) is 6.45. The Labute approximate surface area is 202 Å². The highest BCUT2D eigenvalue weighted by Gasteiger charge is 2.69. The molecule has 4 aliphatic rings. The predicted octanol–water partition coefficient (Wildman–Crippen LogP) is 1.71. The van der Waals surface area contributed by atoms with Gasteiger partial charge in [0.25, 0.3) is 0 Å². The molecule has 7 nitrogen and oxygen atoms in total. The molecule has 0 amide bonds. The van der Waals surface area contributed by atoms with Gasteiger partial charge in [0, 0.05) is 17.3 Å². The summed E-state index contributed by atoms with van der Waals surface area (Å²) in [4.78, 5) is 13.3. The van der Waals surface area contributed by atoms with Crippen LogP contribution in [0.1, 0.15) is 79.6 Å². The Hall–Kier alpha value is -0.830. The molecule has 3 saturated carbocycles. The van der Waals surface area contributed by atoms with Crippen LogP contribution in [0, 0.1) is 34.5 Å². The average Bonchev–Trinajstić information content (AvgIpc) is 2.98. The van der Waals surface area contributed by atoms with Crippen LogP contribution in [0.5, 0.6) is 0 Å². The smallest absolute Gasteiger partial charge is 0.159 e. The van der Waals surface area contributed by atoms with Crippen LogP contribution < -0.4 is 0 Å². The zero-order valence-corrected chi connectivity index (χ0v) is 21.2. The molecule has 34 heavy (non-hydrogen) atoms. The molecule has 0 aliphatic heterocycles. The zero-order chi connectivity index (χ0) is 25.4. The number of hydrogen-bond acceptors (Lipinski definition) is 7. The first-order valence-electron chi connectivity index (χ1n) is 13.0. The van der Waals surface area contributed by atoms with Gasteiger partial charge in [0.1, 0.15) is 0 Å². The van der Waals surface area contributed by atoms with Crippen molar-refractivity contribution in [3.8, 4) is 0 Å². The minimum Gasteiger partial charge on any atom is -0.393 e. The lowest BCUT2D eigenvalue weighted by molar-refractivity contribution is -0.176. The van der Waals surface area contributed by atoms with Crippen LogP contribution in [0.3, 0.4) is 0 Å². The Bertz CT molecular complexity index is 848. The lowest BCUT2D eigenvalue weighted by atomic mass is 9.45. The normalized spacial score (nSPS) is 48.4. The lowest BCUT2D eigenvalue weighted by Gasteiger charge is -2.61. The monoisotopic (exact) mass is 480 g/mol. The molecule has 194 valence electrons. The van der Waals surface area contributed by atoms with E-state index >= 15 is 0 Å². The fraction of sp³-hybridized carbons (Fsp3) is 0.889. The highest BCUT2D eigenvalue weighted by molar-refractivity contribution is 5.95. The number of aliphatic hydroxyl groups excluding tert-OH is 4. The van der Waals surface area contributed by atoms with E-state index in [4.69, 9.17) is 0 Å². The molecule has 0 bridgehead atoms. The summed E-state index contributed by atoms with van der Waals surface area (Å²) in [6.07, 6.45) is 0.869. The van der Waals surface area contributed by atoms with E-state index < -0.39 is 58.3 Å². The van der Waals surface area contributed by atoms with Gasteiger partial charge in [-0.3, -0.25) is 4.79 Å². The van der Waals surface area contributed by atoms with Crippen molar-refractivity contribution in [2.45, 2.75) is 115 Å². The summed E-state index contributed by atoms with van der Waals surface area (Å²) in [5.74, 6) is -1.33. The molecule has 0 saturated heterocycles. The van der Waals surface area contributed by atoms with E-state index in [1.165, 1.54) is 6.08 Å². The predicted molar refractivity (Wildman–Crippen MR) is 127 cm³/mol. The molecule has 6 N–H and O–H groups in total. The van der Waals surface area contributed by atoms with Crippen molar-refractivity contribution in [3.05, 3.63) is 11.6 Å². The number of ketones is 1. The van der Waals surface area contributed by atoms with E-state index in [1.807, 2.05) is 20.8 Å². The highest BCUT2D eigenvalue weighted by Crippen LogP contribution is 2.68. The van der Waals surface area contributed by atoms with Crippen LogP contribution in [0.2, 0.25) is 0 Å². The minimum absolute atomic E-state index is 0.0646. The van der Waals surface area contributed by atoms with Gasteiger partial charge in [-0.25, -0.2) is 0 Å². The molecule has 0 heterocycles. The van der Waals surface area contributed by atoms with Crippen molar-refractivity contribution >= 4 is 5.78 Å². The number of fused-ring (bicyclic) bond motifs is 5. The van der Waals surface area contributed by atoms with Gasteiger partial charge >= 0.3 is 0 Å². The maximum Gasteiger partial charge on any atom is 0.159 e. The van der Waals surface area contributed by atoms with Gasteiger partial charge in [-0.2, -0.15) is 0 Å². The summed E-state index contributed by atoms with van der Waals surface area (Å²) in [5.41, 5.74) is -3.04. The first kappa shape index (κ1) is 26.2. The van der Waals surface area contributed by atoms with Crippen LogP contribution in [-0.2, 0) is 4.79 Å². The molecule has 3 fully saturated rings. The van der Waals surface area contributed by atoms with Crippen molar-refractivity contribution < 1.29 is 35.4 Å². The summed E-state index contributed by atoms with van der Waals surface area (Å²) in [5, 5.41) is 65.4. The van der Waals surface area contributed by atoms with Crippen LogP contribution in [0.25, 0.3) is 0 Å². The van der Waals surface area contributed by atoms with E-state index in [9.17, 15) is 35.4 Å². The highest BCUT2D eigenvalue weighted by atomic mass is 16.3. The van der Waals surface area contributed by atoms with Crippen molar-refractivity contribution in [3.63, 3.8) is 0 Å². The van der Waals surface area contributed by atoms with Gasteiger partial charge in [-0.05, 0) is 87.7 Å². The summed E-state index contributed by atoms with van der Waals surface area (Å²) in [7, 11) is 0. The standard InChI is InChI=1S/C27H44O7/c1-14(18(28)7-8-24(2,3)33)15-6-9-27(34)17-11-19(29)16-10-20(30)21(31)12-25(16,4)23(17)22(32)13-26(15,27)5/h11,14-16,18,20-23,28,30-34H,6-10,12-13H2,1-5H3/t14-,15+,16-,18+,20+,21-,22?,23+,25-,26+,27+/m0/s1. The third-order valence-corrected chi connectivity index (χ3v) is 10.4. The SMILES string of the molecule is C[C@H]([C@H](O)CCC(C)(C)O)[C@H]1CC[C@@]2(O)C3=CC(=O)[C@@H]4C[C@@H](O)[C@@H](O)C[C@]4(C)[C@H]3C(O)C[C@]12C. The summed E-state index contributed by atoms with van der Waals surface area (Å²) in [6.45, 7) is 9.31. The van der Waals surface area contributed by atoms with E-state index in [2.05, 4.69) is 0 Å². The van der Waals surface area contributed by atoms with Gasteiger partial charge in [-0.1, -0.05) is 20.8 Å². The van der Waals surface area contributed by atoms with Crippen LogP contribution in [0.4, 0.5) is 0 Å². The number of rotatable bonds is 5. The lowest BCUT2D eigenvalue weighted by Crippen LogP contribution is -2.64. The first-order valence-corrected chi connectivity index (χ1v) is 13.0. The largest absolute Gasteiger partial charge is 0.393 e. The fourth-order valence-corrected chi connectivity index (χ4v) is 8.40. The molecule has 4 aliphatic carbocycles. The van der Waals surface area contributed by atoms with E-state index in [-0.39, 0.29) is 30.5 Å². The van der Waals surface area contributed by atoms with Crippen molar-refractivity contribution in [1.82, 2.24) is 0 Å². The summed E-state index contributed by atoms with van der Waals surface area (Å²) >= 11 is 0. The molecule has 11 atom stereocenters. The number of hydrogen-bond donors (Lipinski definition) is 6. The molecule has 0 radical (unpaired) electrons. The Morgan fingerprint density at radius 2 is 1.76 bits per heavy atom. The van der Waals surface area contributed by atoms with Gasteiger partial charge in [0.05, 0.1) is 35.6 Å². The van der Waals surface area contributed by atoms with Gasteiger partial charge in [0.15, 0.2) is 5.78 Å². The third kappa shape index (κ3) is 3.82. The second-order valence-corrected chi connectivity index (χ2v) is 13.1. The van der Waals surface area contributed by atoms with Crippen LogP contribution >= 0.6 is 0 Å². The van der Waals surface area contributed by atoms with Gasteiger partial charge in [-0.15, -0.1) is 0 Å². The quantitative estimate of drug-likeness (QED) is 0.352. The second-order valence-electron chi connectivity index (χ2n) is 13.1. The number of allylic oxidation sites excluding steroid dienone is 1. The Morgan fingerprint density at radius 3 is 2.38 bits per heavy atom. The van der Waals surface area contributed by atoms with E-state index in [1.54, 1.807) is 13.8 Å². The van der Waals surface area contributed by atoms with E-state index in [0.29, 0.717) is 37.7 Å². The average molecular weight is 481 g/mol. The minimum atomic E-state index is -1.28. The number of aliphatic hydroxyl groups is 6. The van der Waals surface area contributed by atoms with Gasteiger partial charge < -0.3 is 30.6 Å². The summed E-state index contributed by atoms with van der Waals surface area (Å²) in [6, 6.07) is 0. The maximum absolute atomic E-state index is 13.3. The third-order valence-electron chi connectivity index (χ3n) is 10.4. The van der Waals surface area contributed by atoms with Crippen LogP contribution in [-0.4, -0.2) is 72.0 Å². The van der Waals surface area contributed by atoms with Crippen LogP contribution in [0.15, 0.2) is 11.6 Å². The second kappa shape index (κ2) is 8.35. The van der Waals surface area contributed by atoms with Crippen molar-refractivity contribution in [2.75, 3.05) is 0 Å². The number of carbonyl (C=O) groups is 1. The summed E-state index contributed by atoms with van der Waals surface area (Å²) < 4.78 is 0. The molecule has 0 aromatic heterocycles. The molecule has 0 aromatic rings. The molecule has 1 unspecified atom stereocenters. The molecule has 4 rings (SSSR count). The number of carbonyl (C=O) groups excluding carboxylic acids is 1. The Balaban J connectivity index is 1.67. The van der Waals surface area contributed by atoms with Gasteiger partial charge in [0.2, 0.25) is 0 Å². The molecular formula is C27H44O7. The first-order chi connectivity index (χ1) is 15.5. The molecule has 7 heteroatoms. The van der Waals surface area contributed by atoms with E-state index in [0.717, 1.165) is 0 Å². The molecule has 0 spiro atoms. The van der Waals surface area contributed by atoms with Crippen molar-refractivity contribution in [1.29, 1.82) is 0 Å². The maximum atomic E-state index is 13.3. The fourth-order valence-electron chi connectivity index (χ4n) is 8.40. The Morgan fingerprint density at radius 1 is 1.12 bits per heavy atom. The zero-order valence-electron chi connectivity index (χ0n) is 21.2. The molecule has 0 aromatic carbocycles. The van der Waals surface area contributed by atoms with Crippen molar-refractivity contribution in [2.24, 2.45) is 34.5 Å². The topological polar surface area (TPSA) is 138 Å². The molecular weight excluding hydrogens is 436 g/mol.